The van der Waals surface area contributed by atoms with Gasteiger partial charge in [-0.05, 0) is 56.2 Å². The Morgan fingerprint density at radius 3 is 2.01 bits per heavy atom. The number of aromatic amines is 2. The highest BCUT2D eigenvalue weighted by molar-refractivity contribution is 8.76. The Hall–Kier alpha value is -7.41. The molecule has 2 fully saturated rings. The van der Waals surface area contributed by atoms with Gasteiger partial charge < -0.3 is 58.7 Å². The molecule has 9 amide bonds. The van der Waals surface area contributed by atoms with Crippen LogP contribution in [0.5, 0.6) is 0 Å². The van der Waals surface area contributed by atoms with Gasteiger partial charge in [-0.3, -0.25) is 48.2 Å². The van der Waals surface area contributed by atoms with Gasteiger partial charge in [0.2, 0.25) is 35.4 Å². The minimum atomic E-state index is -1.36. The van der Waals surface area contributed by atoms with Crippen LogP contribution in [0.15, 0.2) is 78.3 Å². The molecule has 2 aromatic heterocycles. The van der Waals surface area contributed by atoms with E-state index in [1.54, 1.807) is 50.4 Å². The predicted octanol–water partition coefficient (Wildman–Crippen LogP) is 1.64. The molecule has 4 aromatic rings. The molecule has 2 aromatic carbocycles. The number of nitrogens with one attached hydrogen (secondary N) is 9. The van der Waals surface area contributed by atoms with Crippen LogP contribution in [0.1, 0.15) is 83.5 Å². The number of amides is 9. The quantitative estimate of drug-likeness (QED) is 0.0236. The molecule has 9 atom stereocenters. The van der Waals surface area contributed by atoms with Crippen molar-refractivity contribution in [3.05, 3.63) is 90.1 Å². The van der Waals surface area contributed by atoms with E-state index in [1.165, 1.54) is 48.0 Å². The van der Waals surface area contributed by atoms with Crippen LogP contribution >= 0.6 is 21.6 Å². The Morgan fingerprint density at radius 2 is 1.36 bits per heavy atom. The highest BCUT2D eigenvalue weighted by atomic mass is 33.1. The second kappa shape index (κ2) is 28.8. The molecular weight excluding hydrogens is 1040 g/mol. The fourth-order valence-electron chi connectivity index (χ4n) is 9.22. The topological polar surface area (TPSA) is 350 Å². The number of imidazole rings is 1. The Kier molecular flexibility index (Phi) is 22.1. The van der Waals surface area contributed by atoms with Crippen molar-refractivity contribution in [3.63, 3.8) is 0 Å². The number of fused-ring (bicyclic) bond motifs is 1. The van der Waals surface area contributed by atoms with Crippen molar-refractivity contribution in [1.29, 1.82) is 0 Å². The van der Waals surface area contributed by atoms with Crippen LogP contribution in [0.25, 0.3) is 10.9 Å². The van der Waals surface area contributed by atoms with Gasteiger partial charge in [0.15, 0.2) is 11.7 Å². The first-order chi connectivity index (χ1) is 37.3. The van der Waals surface area contributed by atoms with Crippen LogP contribution in [-0.4, -0.2) is 145 Å². The van der Waals surface area contributed by atoms with Gasteiger partial charge >= 0.3 is 6.03 Å². The summed E-state index contributed by atoms with van der Waals surface area (Å²) in [6, 6.07) is 6.03. The molecule has 420 valence electrons. The molecule has 0 spiro atoms. The zero-order chi connectivity index (χ0) is 56.5. The first kappa shape index (κ1) is 59.8. The van der Waals surface area contributed by atoms with Crippen LogP contribution in [0.2, 0.25) is 0 Å². The molecule has 25 heteroatoms. The van der Waals surface area contributed by atoms with Gasteiger partial charge in [0.1, 0.15) is 36.3 Å². The highest BCUT2D eigenvalue weighted by Gasteiger charge is 2.47. The summed E-state index contributed by atoms with van der Waals surface area (Å²) in [6.45, 7) is 8.36. The maximum Gasteiger partial charge on any atom is 0.325 e. The van der Waals surface area contributed by atoms with E-state index in [2.05, 4.69) is 57.2 Å². The van der Waals surface area contributed by atoms with E-state index in [4.69, 9.17) is 11.5 Å². The lowest BCUT2D eigenvalue weighted by Gasteiger charge is -2.33. The average molecular weight is 1110 g/mol. The third kappa shape index (κ3) is 16.6. The molecule has 2 saturated heterocycles. The number of aliphatic imine (C=N–C) groups is 1. The zero-order valence-electron chi connectivity index (χ0n) is 44.5. The molecule has 0 unspecified atom stereocenters. The van der Waals surface area contributed by atoms with E-state index in [1.807, 2.05) is 31.2 Å². The number of hydrogen-bond acceptors (Lipinski definition) is 13. The summed E-state index contributed by atoms with van der Waals surface area (Å²) in [5.41, 5.74) is 13.8. The highest BCUT2D eigenvalue weighted by Crippen LogP contribution is 2.32. The number of para-hydroxylation sites is 1. The maximum atomic E-state index is 14.7. The number of nitrogens with two attached hydrogens (primary N) is 2. The number of urea groups is 1. The van der Waals surface area contributed by atoms with Crippen LogP contribution < -0.4 is 48.7 Å². The maximum absolute atomic E-state index is 14.7. The minimum Gasteiger partial charge on any atom is -0.370 e. The number of carbonyl (C=O) groups excluding carboxylic acids is 9. The molecule has 23 nitrogen and oxygen atoms in total. The summed E-state index contributed by atoms with van der Waals surface area (Å²) in [5.74, 6) is -6.92. The first-order valence-electron chi connectivity index (χ1n) is 26.2. The zero-order valence-corrected chi connectivity index (χ0v) is 46.1. The number of benzene rings is 2. The van der Waals surface area contributed by atoms with Gasteiger partial charge in [-0.2, -0.15) is 0 Å². The Bertz CT molecular complexity index is 2770. The fourth-order valence-corrected chi connectivity index (χ4v) is 11.8. The number of aromatic nitrogens is 3. The molecular formula is C53H72N14O9S2. The van der Waals surface area contributed by atoms with Crippen molar-refractivity contribution in [2.45, 2.75) is 134 Å². The molecule has 13 N–H and O–H groups in total. The van der Waals surface area contributed by atoms with Crippen molar-refractivity contribution in [1.82, 2.24) is 57.1 Å². The van der Waals surface area contributed by atoms with Crippen LogP contribution in [0.3, 0.4) is 0 Å². The van der Waals surface area contributed by atoms with Gasteiger partial charge in [-0.15, -0.1) is 0 Å². The van der Waals surface area contributed by atoms with Gasteiger partial charge in [0, 0.05) is 66.3 Å². The van der Waals surface area contributed by atoms with Crippen molar-refractivity contribution in [2.75, 3.05) is 18.1 Å². The largest absolute Gasteiger partial charge is 0.370 e. The van der Waals surface area contributed by atoms with Gasteiger partial charge in [-0.25, -0.2) is 9.78 Å². The van der Waals surface area contributed by atoms with Crippen LogP contribution in [0, 0.1) is 11.8 Å². The number of imide groups is 1. The summed E-state index contributed by atoms with van der Waals surface area (Å²) >= 11 is 0. The lowest BCUT2D eigenvalue weighted by Crippen LogP contribution is -2.60. The van der Waals surface area contributed by atoms with E-state index < -0.39 is 107 Å². The molecule has 4 heterocycles. The molecule has 6 rings (SSSR count). The lowest BCUT2D eigenvalue weighted by atomic mass is 9.93. The number of nitrogens with zero attached hydrogens (tertiary/aromatic N) is 3. The molecule has 0 aliphatic carbocycles. The normalized spacial score (nSPS) is 24.1. The molecule has 2 aliphatic rings. The molecule has 78 heavy (non-hydrogen) atoms. The number of rotatable bonds is 17. The number of guanidine groups is 1. The molecule has 0 bridgehead atoms. The van der Waals surface area contributed by atoms with E-state index in [0.29, 0.717) is 29.7 Å². The van der Waals surface area contributed by atoms with E-state index in [-0.39, 0.29) is 68.5 Å². The summed E-state index contributed by atoms with van der Waals surface area (Å²) in [4.78, 5) is 144. The molecule has 0 saturated carbocycles. The number of ketones is 1. The predicted molar refractivity (Wildman–Crippen MR) is 298 cm³/mol. The summed E-state index contributed by atoms with van der Waals surface area (Å²) < 4.78 is 0. The Morgan fingerprint density at radius 1 is 0.731 bits per heavy atom. The summed E-state index contributed by atoms with van der Waals surface area (Å²) in [7, 11) is 2.35. The smallest absolute Gasteiger partial charge is 0.325 e. The SMILES string of the molecule is CCCC[C@@H]([C@H]1CSSC[C@@H](C(C)=O)NC(=O)[C@H](Cc2c[nH]c3ccccc23)NC(=O)[C@H](CCCN=C(N)N)NC(=O)[C@@H](Cc2ccccc2)NC(=O)[C@H](Cc2cnc[nH]2)NC(=O)[C@@H](C)NC1=O)N1C(=O)N[C@@H](C(C)C)C1=O. The number of H-pyrrole nitrogens is 2. The minimum absolute atomic E-state index is 0.00412. The van der Waals surface area contributed by atoms with Crippen molar-refractivity contribution in [2.24, 2.45) is 28.3 Å². The number of unbranched alkanes of at least 4 members (excludes halogenated alkanes) is 1. The average Bonchev–Trinajstić information content (AvgIpc) is 4.20. The molecule has 2 aliphatic heterocycles. The standard InChI is InChI=1S/C53H72N14O9S2/c1-6-7-19-43(67-51(75)44(29(2)3)66-53(67)76)36-26-77-78-27-42(31(5)68)65-49(73)40(22-33-24-58-37-17-12-11-16-35(33)37)64-47(71)38(18-13-20-57-52(54)55)61-48(72)39(21-32-14-9-8-10-15-32)63-50(74)41(23-34-25-56-28-59-34)62-45(69)30(4)60-46(36)70/h8-12,14-17,24-25,28-30,36,38-44,58H,6-7,13,18-23,26-27H2,1-5H3,(H,56,59)(H,60,70)(H,61,72)(H,62,69)(H,63,74)(H,64,71)(H,65,73)(H,66,76)(H4,54,55,57)/t30-,36-,38+,39-,40+,41+,42+,43+,44+/m1/s1. The Balaban J connectivity index is 1.41. The number of carbonyl (C=O) groups is 9. The summed E-state index contributed by atoms with van der Waals surface area (Å²) in [5, 5.41) is 20.4. The van der Waals surface area contributed by atoms with Crippen LogP contribution in [-0.2, 0) is 57.6 Å². The first-order valence-corrected chi connectivity index (χ1v) is 28.7. The second-order valence-corrected chi connectivity index (χ2v) is 22.4. The van der Waals surface area contributed by atoms with Gasteiger partial charge in [0.05, 0.1) is 24.3 Å². The van der Waals surface area contributed by atoms with E-state index in [0.717, 1.165) is 15.8 Å². The van der Waals surface area contributed by atoms with Crippen molar-refractivity contribution >= 4 is 91.6 Å². The van der Waals surface area contributed by atoms with E-state index >= 15 is 0 Å². The summed E-state index contributed by atoms with van der Waals surface area (Å²) in [6.07, 6.45) is 5.96. The van der Waals surface area contributed by atoms with Crippen molar-refractivity contribution < 1.29 is 43.2 Å². The van der Waals surface area contributed by atoms with Crippen molar-refractivity contribution in [3.8, 4) is 0 Å². The Labute approximate surface area is 460 Å². The third-order valence-electron chi connectivity index (χ3n) is 13.6. The monoisotopic (exact) mass is 1110 g/mol. The number of hydrogen-bond donors (Lipinski definition) is 11. The third-order valence-corrected chi connectivity index (χ3v) is 16.1. The lowest BCUT2D eigenvalue weighted by molar-refractivity contribution is -0.136. The van der Waals surface area contributed by atoms with Crippen LogP contribution in [0.4, 0.5) is 4.79 Å². The number of Topliss-reactive ketones (excluding diaryl/α,β-unsaturated/α-hetero) is 1. The van der Waals surface area contributed by atoms with E-state index in [9.17, 15) is 43.2 Å². The second-order valence-electron chi connectivity index (χ2n) is 19.9. The van der Waals surface area contributed by atoms with Gasteiger partial charge in [0.25, 0.3) is 5.91 Å². The molecule has 0 radical (unpaired) electrons. The van der Waals surface area contributed by atoms with Gasteiger partial charge in [-0.1, -0.05) is 104 Å². The fraction of sp³-hybridized carbons (Fsp3) is 0.491.